The minimum absolute atomic E-state index is 0.224. The lowest BCUT2D eigenvalue weighted by Gasteiger charge is -2.37. The molecule has 3 aliphatic rings. The highest BCUT2D eigenvalue weighted by molar-refractivity contribution is 5.12. The molecule has 0 aromatic heterocycles. The molecule has 0 spiro atoms. The number of rotatable bonds is 5. The Kier molecular flexibility index (Phi) is 6.49. The molecule has 1 nitrogen and oxygen atoms in total. The highest BCUT2D eigenvalue weighted by Crippen LogP contribution is 2.43. The number of ether oxygens (including phenoxy) is 1. The maximum absolute atomic E-state index is 12.3. The third-order valence-corrected chi connectivity index (χ3v) is 6.80. The highest BCUT2D eigenvalue weighted by Gasteiger charge is 2.31. The molecule has 1 atom stereocenters. The van der Waals surface area contributed by atoms with E-state index in [1.807, 2.05) is 0 Å². The molecule has 3 aliphatic carbocycles. The molecule has 136 valence electrons. The van der Waals surface area contributed by atoms with Crippen molar-refractivity contribution in [3.63, 3.8) is 0 Å². The number of halogens is 2. The molecule has 0 heterocycles. The second-order valence-corrected chi connectivity index (χ2v) is 8.09. The van der Waals surface area contributed by atoms with Gasteiger partial charge in [-0.3, -0.25) is 0 Å². The molecule has 0 radical (unpaired) electrons. The first-order valence-electron chi connectivity index (χ1n) is 9.90. The predicted octanol–water partition coefficient (Wildman–Crippen LogP) is 6.50. The van der Waals surface area contributed by atoms with Gasteiger partial charge in [-0.1, -0.05) is 17.7 Å². The Labute approximate surface area is 145 Å². The molecule has 0 aromatic rings. The molecule has 0 amide bonds. The van der Waals surface area contributed by atoms with Crippen LogP contribution in [0.1, 0.15) is 70.6 Å². The molecule has 0 aromatic carbocycles. The first kappa shape index (κ1) is 18.1. The SMILES string of the molecule is C=CC1CCC(C2CC=C(C3CCC(OC(F)F)CC3)CC2)CC1. The summed E-state index contributed by atoms with van der Waals surface area (Å²) >= 11 is 0. The van der Waals surface area contributed by atoms with Crippen LogP contribution < -0.4 is 0 Å². The topological polar surface area (TPSA) is 9.23 Å². The Morgan fingerprint density at radius 1 is 0.958 bits per heavy atom. The molecule has 0 bridgehead atoms. The van der Waals surface area contributed by atoms with Gasteiger partial charge >= 0.3 is 6.61 Å². The van der Waals surface area contributed by atoms with Crippen LogP contribution in [0.5, 0.6) is 0 Å². The van der Waals surface area contributed by atoms with Crippen molar-refractivity contribution < 1.29 is 13.5 Å². The van der Waals surface area contributed by atoms with Gasteiger partial charge in [-0.05, 0) is 94.3 Å². The summed E-state index contributed by atoms with van der Waals surface area (Å²) in [4.78, 5) is 0. The molecule has 2 saturated carbocycles. The van der Waals surface area contributed by atoms with E-state index in [1.54, 1.807) is 5.57 Å². The van der Waals surface area contributed by atoms with Crippen LogP contribution in [0, 0.1) is 23.7 Å². The van der Waals surface area contributed by atoms with Crippen molar-refractivity contribution >= 4 is 0 Å². The molecular weight excluding hydrogens is 306 g/mol. The lowest BCUT2D eigenvalue weighted by Crippen LogP contribution is -2.26. The van der Waals surface area contributed by atoms with Gasteiger partial charge in [-0.15, -0.1) is 6.58 Å². The van der Waals surface area contributed by atoms with Crippen molar-refractivity contribution in [2.45, 2.75) is 83.3 Å². The van der Waals surface area contributed by atoms with Gasteiger partial charge in [0.25, 0.3) is 0 Å². The van der Waals surface area contributed by atoms with E-state index in [1.165, 1.54) is 44.9 Å². The lowest BCUT2D eigenvalue weighted by molar-refractivity contribution is -0.170. The molecule has 2 fully saturated rings. The standard InChI is InChI=1S/C21H32F2O/c1-2-15-3-5-16(6-4-15)17-7-9-18(10-8-17)19-11-13-20(14-12-19)24-21(22)23/h2,9,15-17,19-21H,1,3-8,10-14H2. The van der Waals surface area contributed by atoms with E-state index >= 15 is 0 Å². The van der Waals surface area contributed by atoms with Gasteiger partial charge in [0.1, 0.15) is 0 Å². The predicted molar refractivity (Wildman–Crippen MR) is 93.9 cm³/mol. The van der Waals surface area contributed by atoms with Crippen LogP contribution in [-0.2, 0) is 4.74 Å². The van der Waals surface area contributed by atoms with Crippen LogP contribution >= 0.6 is 0 Å². The number of hydrogen-bond donors (Lipinski definition) is 0. The Bertz CT molecular complexity index is 429. The van der Waals surface area contributed by atoms with E-state index < -0.39 is 6.61 Å². The van der Waals surface area contributed by atoms with Crippen molar-refractivity contribution in [2.75, 3.05) is 0 Å². The third kappa shape index (κ3) is 4.68. The summed E-state index contributed by atoms with van der Waals surface area (Å²) in [6.07, 6.45) is 17.3. The number of hydrogen-bond acceptors (Lipinski definition) is 1. The molecule has 1 unspecified atom stereocenters. The highest BCUT2D eigenvalue weighted by atomic mass is 19.3. The van der Waals surface area contributed by atoms with Crippen molar-refractivity contribution in [3.8, 4) is 0 Å². The van der Waals surface area contributed by atoms with E-state index in [-0.39, 0.29) is 6.10 Å². The van der Waals surface area contributed by atoms with Crippen LogP contribution in [0.4, 0.5) is 8.78 Å². The molecule has 0 aliphatic heterocycles. The number of alkyl halides is 2. The average Bonchev–Trinajstić information content (AvgIpc) is 2.62. The monoisotopic (exact) mass is 338 g/mol. The summed E-state index contributed by atoms with van der Waals surface area (Å²) in [6.45, 7) is 1.33. The fourth-order valence-electron chi connectivity index (χ4n) is 5.24. The quantitative estimate of drug-likeness (QED) is 0.520. The van der Waals surface area contributed by atoms with E-state index in [0.29, 0.717) is 5.92 Å². The van der Waals surface area contributed by atoms with E-state index in [4.69, 9.17) is 0 Å². The minimum atomic E-state index is -2.61. The van der Waals surface area contributed by atoms with Gasteiger partial charge in [0.15, 0.2) is 0 Å². The summed E-state index contributed by atoms with van der Waals surface area (Å²) in [5.41, 5.74) is 1.61. The van der Waals surface area contributed by atoms with Gasteiger partial charge in [0, 0.05) is 0 Å². The molecule has 24 heavy (non-hydrogen) atoms. The van der Waals surface area contributed by atoms with Crippen molar-refractivity contribution in [2.24, 2.45) is 23.7 Å². The van der Waals surface area contributed by atoms with Gasteiger partial charge in [-0.25, -0.2) is 0 Å². The Hall–Kier alpha value is -0.700. The van der Waals surface area contributed by atoms with E-state index in [9.17, 15) is 8.78 Å². The molecule has 0 N–H and O–H groups in total. The van der Waals surface area contributed by atoms with Crippen LogP contribution in [0.2, 0.25) is 0 Å². The summed E-state index contributed by atoms with van der Waals surface area (Å²) in [6, 6.07) is 0. The smallest absolute Gasteiger partial charge is 0.320 e. The first-order valence-corrected chi connectivity index (χ1v) is 9.90. The third-order valence-electron chi connectivity index (χ3n) is 6.80. The maximum atomic E-state index is 12.3. The van der Waals surface area contributed by atoms with E-state index in [2.05, 4.69) is 23.5 Å². The van der Waals surface area contributed by atoms with Gasteiger partial charge in [-0.2, -0.15) is 8.78 Å². The molecular formula is C21H32F2O. The summed E-state index contributed by atoms with van der Waals surface area (Å²) in [7, 11) is 0. The Balaban J connectivity index is 1.44. The fraction of sp³-hybridized carbons (Fsp3) is 0.810. The maximum Gasteiger partial charge on any atom is 0.345 e. The van der Waals surface area contributed by atoms with Crippen molar-refractivity contribution in [3.05, 3.63) is 24.3 Å². The van der Waals surface area contributed by atoms with Gasteiger partial charge in [0.05, 0.1) is 6.10 Å². The fourth-order valence-corrected chi connectivity index (χ4v) is 5.24. The van der Waals surface area contributed by atoms with Crippen LogP contribution in [0.25, 0.3) is 0 Å². The van der Waals surface area contributed by atoms with Crippen molar-refractivity contribution in [1.82, 2.24) is 0 Å². The van der Waals surface area contributed by atoms with Crippen LogP contribution in [0.3, 0.4) is 0 Å². The van der Waals surface area contributed by atoms with Gasteiger partial charge in [0.2, 0.25) is 0 Å². The zero-order valence-corrected chi connectivity index (χ0v) is 14.8. The van der Waals surface area contributed by atoms with Crippen LogP contribution in [-0.4, -0.2) is 12.7 Å². The molecule has 0 saturated heterocycles. The second-order valence-electron chi connectivity index (χ2n) is 8.09. The summed E-state index contributed by atoms with van der Waals surface area (Å²) in [5, 5.41) is 0. The number of allylic oxidation sites excluding steroid dienone is 3. The average molecular weight is 338 g/mol. The first-order chi connectivity index (χ1) is 11.7. The zero-order valence-electron chi connectivity index (χ0n) is 14.8. The normalized spacial score (nSPS) is 38.0. The van der Waals surface area contributed by atoms with Crippen LogP contribution in [0.15, 0.2) is 24.3 Å². The zero-order chi connectivity index (χ0) is 16.9. The molecule has 3 heteroatoms. The summed E-state index contributed by atoms with van der Waals surface area (Å²) in [5.74, 6) is 3.16. The molecule has 3 rings (SSSR count). The van der Waals surface area contributed by atoms with E-state index in [0.717, 1.165) is 43.4 Å². The largest absolute Gasteiger partial charge is 0.345 e. The summed E-state index contributed by atoms with van der Waals surface area (Å²) < 4.78 is 29.3. The second kappa shape index (κ2) is 8.60. The van der Waals surface area contributed by atoms with Crippen molar-refractivity contribution in [1.29, 1.82) is 0 Å². The lowest BCUT2D eigenvalue weighted by atomic mass is 9.69. The Morgan fingerprint density at radius 2 is 1.67 bits per heavy atom. The minimum Gasteiger partial charge on any atom is -0.320 e. The van der Waals surface area contributed by atoms with Gasteiger partial charge < -0.3 is 4.74 Å². The Morgan fingerprint density at radius 3 is 2.21 bits per heavy atom.